The molecule has 0 aromatic carbocycles. The number of halogens is 2. The van der Waals surface area contributed by atoms with Gasteiger partial charge in [-0.3, -0.25) is 4.79 Å². The van der Waals surface area contributed by atoms with Gasteiger partial charge in [-0.2, -0.15) is 0 Å². The molecule has 46 valence electrons. The molecule has 1 aliphatic rings. The first kappa shape index (κ1) is 5.47. The first-order valence-corrected chi connectivity index (χ1v) is 2.27. The molecule has 1 saturated heterocycles. The molecule has 0 aromatic heterocycles. The van der Waals surface area contributed by atoms with Crippen molar-refractivity contribution in [2.75, 3.05) is 6.54 Å². The Morgan fingerprint density at radius 2 is 2.25 bits per heavy atom. The van der Waals surface area contributed by atoms with Gasteiger partial charge in [0.05, 0.1) is 6.54 Å². The van der Waals surface area contributed by atoms with E-state index in [1.165, 1.54) is 0 Å². The van der Waals surface area contributed by atoms with Crippen LogP contribution in [0.15, 0.2) is 0 Å². The summed E-state index contributed by atoms with van der Waals surface area (Å²) in [5.74, 6) is -0.836. The van der Waals surface area contributed by atoms with E-state index in [-0.39, 0.29) is 6.54 Å². The molecule has 0 saturated carbocycles. The second-order valence-corrected chi connectivity index (χ2v) is 1.66. The summed E-state index contributed by atoms with van der Waals surface area (Å²) in [5.41, 5.74) is 0. The van der Waals surface area contributed by atoms with Crippen LogP contribution in [-0.2, 0) is 4.79 Å². The fourth-order valence-corrected chi connectivity index (χ4v) is 0.563. The van der Waals surface area contributed by atoms with E-state index < -0.39 is 18.3 Å². The molecule has 1 aliphatic heterocycles. The molecule has 2 nitrogen and oxygen atoms in total. The third kappa shape index (κ3) is 0.657. The van der Waals surface area contributed by atoms with Crippen molar-refractivity contribution in [2.45, 2.75) is 12.3 Å². The van der Waals surface area contributed by atoms with E-state index in [1.54, 1.807) is 0 Å². The normalized spacial score (nSPS) is 37.5. The van der Waals surface area contributed by atoms with E-state index in [0.29, 0.717) is 0 Å². The molecule has 1 rings (SSSR count). The van der Waals surface area contributed by atoms with E-state index in [2.05, 4.69) is 0 Å². The molecule has 2 atom stereocenters. The van der Waals surface area contributed by atoms with Crippen molar-refractivity contribution in [1.29, 1.82) is 0 Å². The monoisotopic (exact) mass is 121 g/mol. The van der Waals surface area contributed by atoms with E-state index in [0.717, 1.165) is 0 Å². The molecule has 0 radical (unpaired) electrons. The van der Waals surface area contributed by atoms with Crippen molar-refractivity contribution in [3.8, 4) is 0 Å². The Hall–Kier alpha value is -0.670. The Morgan fingerprint density at radius 1 is 1.62 bits per heavy atom. The lowest BCUT2D eigenvalue weighted by Gasteiger charge is -1.93. The minimum absolute atomic E-state index is 0.181. The second kappa shape index (κ2) is 1.69. The zero-order valence-electron chi connectivity index (χ0n) is 4.03. The Bertz CT molecular complexity index is 117. The van der Waals surface area contributed by atoms with E-state index >= 15 is 0 Å². The molecular weight excluding hydrogens is 116 g/mol. The molecule has 2 unspecified atom stereocenters. The predicted octanol–water partition coefficient (Wildman–Crippen LogP) is -0.208. The van der Waals surface area contributed by atoms with Crippen molar-refractivity contribution in [3.05, 3.63) is 0 Å². The largest absolute Gasteiger partial charge is 0.350 e. The molecule has 8 heavy (non-hydrogen) atoms. The van der Waals surface area contributed by atoms with Crippen molar-refractivity contribution in [1.82, 2.24) is 5.32 Å². The third-order valence-corrected chi connectivity index (χ3v) is 1.04. The van der Waals surface area contributed by atoms with Gasteiger partial charge in [-0.05, 0) is 0 Å². The summed E-state index contributed by atoms with van der Waals surface area (Å²) in [4.78, 5) is 10.1. The number of carbonyl (C=O) groups excluding carboxylic acids is 1. The minimum Gasteiger partial charge on any atom is -0.350 e. The maximum Gasteiger partial charge on any atom is 0.257 e. The third-order valence-electron chi connectivity index (χ3n) is 1.04. The van der Waals surface area contributed by atoms with E-state index in [4.69, 9.17) is 0 Å². The molecule has 1 N–H and O–H groups in total. The smallest absolute Gasteiger partial charge is 0.257 e. The molecule has 0 spiro atoms. The lowest BCUT2D eigenvalue weighted by molar-refractivity contribution is -0.123. The van der Waals surface area contributed by atoms with Gasteiger partial charge < -0.3 is 5.32 Å². The van der Waals surface area contributed by atoms with Crippen LogP contribution >= 0.6 is 0 Å². The highest BCUT2D eigenvalue weighted by Crippen LogP contribution is 2.08. The average molecular weight is 121 g/mol. The van der Waals surface area contributed by atoms with Gasteiger partial charge in [-0.25, -0.2) is 8.78 Å². The number of carbonyl (C=O) groups is 1. The van der Waals surface area contributed by atoms with Gasteiger partial charge in [0.1, 0.15) is 0 Å². The summed E-state index contributed by atoms with van der Waals surface area (Å²) in [6, 6.07) is 0. The lowest BCUT2D eigenvalue weighted by atomic mass is 10.3. The van der Waals surface area contributed by atoms with Crippen molar-refractivity contribution >= 4 is 5.91 Å². The summed E-state index contributed by atoms with van der Waals surface area (Å²) >= 11 is 0. The minimum atomic E-state index is -1.94. The van der Waals surface area contributed by atoms with Gasteiger partial charge >= 0.3 is 0 Å². The predicted molar refractivity (Wildman–Crippen MR) is 22.8 cm³/mol. The lowest BCUT2D eigenvalue weighted by Crippen LogP contribution is -2.20. The molecule has 1 heterocycles. The standard InChI is InChI=1S/C4H5F2NO/c5-2-1-7-4(8)3(2)6/h2-3H,1H2,(H,7,8). The number of hydrogen-bond acceptors (Lipinski definition) is 1. The highest BCUT2D eigenvalue weighted by Gasteiger charge is 2.34. The number of hydrogen-bond donors (Lipinski definition) is 1. The average Bonchev–Trinajstić information content (AvgIpc) is 1.98. The number of nitrogens with one attached hydrogen (secondary N) is 1. The maximum atomic E-state index is 11.9. The summed E-state index contributed by atoms with van der Waals surface area (Å²) in [5, 5.41) is 2.03. The quantitative estimate of drug-likeness (QED) is 0.472. The summed E-state index contributed by atoms with van der Waals surface area (Å²) in [6.07, 6.45) is -3.57. The van der Waals surface area contributed by atoms with Crippen LogP contribution in [0.2, 0.25) is 0 Å². The molecule has 0 aromatic rings. The Morgan fingerprint density at radius 3 is 2.38 bits per heavy atom. The molecule has 0 aliphatic carbocycles. The van der Waals surface area contributed by atoms with Crippen LogP contribution in [0.3, 0.4) is 0 Å². The van der Waals surface area contributed by atoms with Crippen molar-refractivity contribution in [2.24, 2.45) is 0 Å². The van der Waals surface area contributed by atoms with Gasteiger partial charge in [0, 0.05) is 0 Å². The summed E-state index contributed by atoms with van der Waals surface area (Å²) in [6.45, 7) is -0.181. The topological polar surface area (TPSA) is 29.1 Å². The van der Waals surface area contributed by atoms with Crippen LogP contribution in [-0.4, -0.2) is 24.8 Å². The maximum absolute atomic E-state index is 11.9. The van der Waals surface area contributed by atoms with Gasteiger partial charge in [-0.15, -0.1) is 0 Å². The zero-order valence-corrected chi connectivity index (χ0v) is 4.03. The molecular formula is C4H5F2NO. The van der Waals surface area contributed by atoms with Crippen molar-refractivity contribution < 1.29 is 13.6 Å². The fraction of sp³-hybridized carbons (Fsp3) is 0.750. The van der Waals surface area contributed by atoms with Crippen LogP contribution in [0.4, 0.5) is 8.78 Å². The number of alkyl halides is 2. The van der Waals surface area contributed by atoms with E-state index in [1.807, 2.05) is 5.32 Å². The Labute approximate surface area is 44.9 Å². The van der Waals surface area contributed by atoms with Crippen LogP contribution in [0.25, 0.3) is 0 Å². The van der Waals surface area contributed by atoms with Gasteiger partial charge in [0.2, 0.25) is 6.17 Å². The van der Waals surface area contributed by atoms with Crippen molar-refractivity contribution in [3.63, 3.8) is 0 Å². The first-order valence-electron chi connectivity index (χ1n) is 2.27. The molecule has 4 heteroatoms. The zero-order chi connectivity index (χ0) is 6.15. The second-order valence-electron chi connectivity index (χ2n) is 1.66. The molecule has 1 amide bonds. The van der Waals surface area contributed by atoms with E-state index in [9.17, 15) is 13.6 Å². The van der Waals surface area contributed by atoms with Crippen LogP contribution in [0.5, 0.6) is 0 Å². The highest BCUT2D eigenvalue weighted by molar-refractivity contribution is 5.83. The Kier molecular flexibility index (Phi) is 1.15. The summed E-state index contributed by atoms with van der Waals surface area (Å²) in [7, 11) is 0. The fourth-order valence-electron chi connectivity index (χ4n) is 0.563. The Balaban J connectivity index is 2.56. The number of amides is 1. The SMILES string of the molecule is O=C1NCC(F)C1F. The first-order chi connectivity index (χ1) is 3.72. The van der Waals surface area contributed by atoms with Gasteiger partial charge in [0.25, 0.3) is 5.91 Å². The van der Waals surface area contributed by atoms with Crippen LogP contribution in [0.1, 0.15) is 0 Å². The van der Waals surface area contributed by atoms with Gasteiger partial charge in [0.15, 0.2) is 6.17 Å². The van der Waals surface area contributed by atoms with Gasteiger partial charge in [-0.1, -0.05) is 0 Å². The van der Waals surface area contributed by atoms with Crippen LogP contribution < -0.4 is 5.32 Å². The highest BCUT2D eigenvalue weighted by atomic mass is 19.2. The van der Waals surface area contributed by atoms with Crippen LogP contribution in [0, 0.1) is 0 Å². The summed E-state index contributed by atoms with van der Waals surface area (Å²) < 4.78 is 23.8. The molecule has 0 bridgehead atoms. The molecule has 1 fully saturated rings. The number of rotatable bonds is 0.